The van der Waals surface area contributed by atoms with E-state index in [2.05, 4.69) is 5.32 Å². The molecule has 1 aromatic rings. The summed E-state index contributed by atoms with van der Waals surface area (Å²) >= 11 is 0. The zero-order valence-electron chi connectivity index (χ0n) is 12.6. The third-order valence-corrected chi connectivity index (χ3v) is 3.74. The largest absolute Gasteiger partial charge is 0.496 e. The summed E-state index contributed by atoms with van der Waals surface area (Å²) in [6.07, 6.45) is 3.25. The van der Waals surface area contributed by atoms with Crippen LogP contribution in [0.2, 0.25) is 0 Å². The summed E-state index contributed by atoms with van der Waals surface area (Å²) in [7, 11) is 1.52. The highest BCUT2D eigenvalue weighted by Gasteiger charge is 2.24. The van der Waals surface area contributed by atoms with Gasteiger partial charge in [0.1, 0.15) is 11.8 Å². The van der Waals surface area contributed by atoms with E-state index in [-0.39, 0.29) is 11.8 Å². The first-order chi connectivity index (χ1) is 10.1. The summed E-state index contributed by atoms with van der Waals surface area (Å²) in [6.45, 7) is 3.30. The summed E-state index contributed by atoms with van der Waals surface area (Å²) < 4.78 is 5.17. The predicted octanol–water partition coefficient (Wildman–Crippen LogP) is 1.83. The highest BCUT2D eigenvalue weighted by Crippen LogP contribution is 2.17. The lowest BCUT2D eigenvalue weighted by molar-refractivity contribution is -0.133. The van der Waals surface area contributed by atoms with Gasteiger partial charge in [0.2, 0.25) is 5.91 Å². The van der Waals surface area contributed by atoms with E-state index >= 15 is 0 Å². The molecule has 0 spiro atoms. The zero-order valence-corrected chi connectivity index (χ0v) is 12.6. The van der Waals surface area contributed by atoms with Crippen molar-refractivity contribution in [3.63, 3.8) is 0 Å². The van der Waals surface area contributed by atoms with Gasteiger partial charge in [-0.3, -0.25) is 9.59 Å². The van der Waals surface area contributed by atoms with Gasteiger partial charge in [0.25, 0.3) is 5.91 Å². The normalized spacial score (nSPS) is 16.2. The number of ether oxygens (including phenoxy) is 1. The third kappa shape index (κ3) is 3.74. The van der Waals surface area contributed by atoms with Gasteiger partial charge in [-0.05, 0) is 38.3 Å². The number of benzene rings is 1. The molecule has 1 atom stereocenters. The van der Waals surface area contributed by atoms with Crippen LogP contribution in [0.15, 0.2) is 24.3 Å². The molecule has 0 bridgehead atoms. The number of hydrogen-bond acceptors (Lipinski definition) is 3. The maximum Gasteiger partial charge on any atom is 0.255 e. The molecule has 1 N–H and O–H groups in total. The van der Waals surface area contributed by atoms with Gasteiger partial charge < -0.3 is 15.0 Å². The number of methoxy groups -OCH3 is 1. The molecule has 5 nitrogen and oxygen atoms in total. The van der Waals surface area contributed by atoms with Gasteiger partial charge in [-0.2, -0.15) is 0 Å². The standard InChI is InChI=1S/C16H22N2O3/c1-12(16(20)18-10-6-3-7-11-18)17-15(19)13-8-4-5-9-14(13)21-2/h4-5,8-9,12H,3,6-7,10-11H2,1-2H3,(H,17,19). The van der Waals surface area contributed by atoms with E-state index in [1.807, 2.05) is 4.90 Å². The van der Waals surface area contributed by atoms with Crippen molar-refractivity contribution in [2.45, 2.75) is 32.2 Å². The van der Waals surface area contributed by atoms with Crippen LogP contribution in [0.4, 0.5) is 0 Å². The lowest BCUT2D eigenvalue weighted by Crippen LogP contribution is -2.48. The van der Waals surface area contributed by atoms with Crippen LogP contribution in [0.1, 0.15) is 36.5 Å². The Bertz CT molecular complexity index is 510. The molecule has 21 heavy (non-hydrogen) atoms. The first kappa shape index (κ1) is 15.4. The number of nitrogens with one attached hydrogen (secondary N) is 1. The van der Waals surface area contributed by atoms with Gasteiger partial charge >= 0.3 is 0 Å². The lowest BCUT2D eigenvalue weighted by atomic mass is 10.1. The Morgan fingerprint density at radius 1 is 1.19 bits per heavy atom. The zero-order chi connectivity index (χ0) is 15.2. The van der Waals surface area contributed by atoms with Gasteiger partial charge in [-0.25, -0.2) is 0 Å². The van der Waals surface area contributed by atoms with Crippen molar-refractivity contribution >= 4 is 11.8 Å². The number of likely N-dealkylation sites (tertiary alicyclic amines) is 1. The van der Waals surface area contributed by atoms with E-state index in [4.69, 9.17) is 4.74 Å². The van der Waals surface area contributed by atoms with Crippen molar-refractivity contribution in [3.8, 4) is 5.75 Å². The summed E-state index contributed by atoms with van der Waals surface area (Å²) in [5, 5.41) is 2.76. The molecule has 114 valence electrons. The molecule has 2 amide bonds. The van der Waals surface area contributed by atoms with Gasteiger partial charge in [0.05, 0.1) is 12.7 Å². The van der Waals surface area contributed by atoms with E-state index in [0.717, 1.165) is 25.9 Å². The monoisotopic (exact) mass is 290 g/mol. The SMILES string of the molecule is COc1ccccc1C(=O)NC(C)C(=O)N1CCCCC1. The number of carbonyl (C=O) groups excluding carboxylic acids is 2. The molecule has 5 heteroatoms. The van der Waals surface area contributed by atoms with Gasteiger partial charge in [-0.15, -0.1) is 0 Å². The molecule has 0 aliphatic carbocycles. The van der Waals surface area contributed by atoms with Crippen LogP contribution in [0.3, 0.4) is 0 Å². The minimum absolute atomic E-state index is 0.0158. The smallest absolute Gasteiger partial charge is 0.255 e. The van der Waals surface area contributed by atoms with Crippen molar-refractivity contribution in [1.29, 1.82) is 0 Å². The maximum absolute atomic E-state index is 12.3. The van der Waals surface area contributed by atoms with E-state index in [9.17, 15) is 9.59 Å². The summed E-state index contributed by atoms with van der Waals surface area (Å²) in [5.74, 6) is 0.205. The number of amides is 2. The van der Waals surface area contributed by atoms with Crippen LogP contribution in [-0.4, -0.2) is 43.0 Å². The molecule has 2 rings (SSSR count). The van der Waals surface area contributed by atoms with E-state index < -0.39 is 6.04 Å². The Hall–Kier alpha value is -2.04. The Morgan fingerprint density at radius 2 is 1.86 bits per heavy atom. The summed E-state index contributed by atoms with van der Waals surface area (Å²) in [5.41, 5.74) is 0.443. The van der Waals surface area contributed by atoms with Crippen molar-refractivity contribution in [3.05, 3.63) is 29.8 Å². The second kappa shape index (κ2) is 7.11. The molecule has 1 aliphatic heterocycles. The number of nitrogens with zero attached hydrogens (tertiary/aromatic N) is 1. The Kier molecular flexibility index (Phi) is 5.20. The predicted molar refractivity (Wildman–Crippen MR) is 80.4 cm³/mol. The molecule has 1 fully saturated rings. The Labute approximate surface area is 125 Å². The van der Waals surface area contributed by atoms with E-state index in [1.165, 1.54) is 13.5 Å². The molecular formula is C16H22N2O3. The second-order valence-electron chi connectivity index (χ2n) is 5.28. The molecule has 1 saturated heterocycles. The molecule has 0 saturated carbocycles. The van der Waals surface area contributed by atoms with Crippen LogP contribution in [0, 0.1) is 0 Å². The number of para-hydroxylation sites is 1. The third-order valence-electron chi connectivity index (χ3n) is 3.74. The van der Waals surface area contributed by atoms with Crippen molar-refractivity contribution in [1.82, 2.24) is 10.2 Å². The highest BCUT2D eigenvalue weighted by molar-refractivity contribution is 5.99. The Balaban J connectivity index is 1.99. The first-order valence-electron chi connectivity index (χ1n) is 7.36. The number of piperidine rings is 1. The molecule has 0 aromatic heterocycles. The van der Waals surface area contributed by atoms with Crippen molar-refractivity contribution in [2.75, 3.05) is 20.2 Å². The fraction of sp³-hybridized carbons (Fsp3) is 0.500. The minimum Gasteiger partial charge on any atom is -0.496 e. The quantitative estimate of drug-likeness (QED) is 0.920. The topological polar surface area (TPSA) is 58.6 Å². The molecule has 1 heterocycles. The van der Waals surface area contributed by atoms with Crippen molar-refractivity contribution in [2.24, 2.45) is 0 Å². The van der Waals surface area contributed by atoms with E-state index in [1.54, 1.807) is 31.2 Å². The summed E-state index contributed by atoms with van der Waals surface area (Å²) in [6, 6.07) is 6.46. The average Bonchev–Trinajstić information content (AvgIpc) is 2.54. The van der Waals surface area contributed by atoms with Gasteiger partial charge in [0, 0.05) is 13.1 Å². The average molecular weight is 290 g/mol. The molecular weight excluding hydrogens is 268 g/mol. The van der Waals surface area contributed by atoms with Crippen LogP contribution >= 0.6 is 0 Å². The number of carbonyl (C=O) groups is 2. The number of hydrogen-bond donors (Lipinski definition) is 1. The van der Waals surface area contributed by atoms with E-state index in [0.29, 0.717) is 11.3 Å². The fourth-order valence-electron chi connectivity index (χ4n) is 2.56. The summed E-state index contributed by atoms with van der Waals surface area (Å²) in [4.78, 5) is 26.4. The minimum atomic E-state index is -0.527. The Morgan fingerprint density at radius 3 is 2.52 bits per heavy atom. The molecule has 0 radical (unpaired) electrons. The molecule has 1 aliphatic rings. The molecule has 1 aromatic carbocycles. The molecule has 1 unspecified atom stereocenters. The van der Waals surface area contributed by atoms with Crippen LogP contribution in [-0.2, 0) is 4.79 Å². The first-order valence-corrected chi connectivity index (χ1v) is 7.36. The second-order valence-corrected chi connectivity index (χ2v) is 5.28. The van der Waals surface area contributed by atoms with Crippen LogP contribution < -0.4 is 10.1 Å². The van der Waals surface area contributed by atoms with Gasteiger partial charge in [0.15, 0.2) is 0 Å². The highest BCUT2D eigenvalue weighted by atomic mass is 16.5. The fourth-order valence-corrected chi connectivity index (χ4v) is 2.56. The maximum atomic E-state index is 12.3. The van der Waals surface area contributed by atoms with Gasteiger partial charge in [-0.1, -0.05) is 12.1 Å². The number of rotatable bonds is 4. The van der Waals surface area contributed by atoms with Crippen LogP contribution in [0.5, 0.6) is 5.75 Å². The van der Waals surface area contributed by atoms with Crippen LogP contribution in [0.25, 0.3) is 0 Å². The lowest BCUT2D eigenvalue weighted by Gasteiger charge is -2.29. The van der Waals surface area contributed by atoms with Crippen molar-refractivity contribution < 1.29 is 14.3 Å².